The van der Waals surface area contributed by atoms with Crippen LogP contribution in [-0.4, -0.2) is 24.6 Å². The van der Waals surface area contributed by atoms with Crippen LogP contribution in [0.3, 0.4) is 0 Å². The minimum Gasteiger partial charge on any atom is -0.494 e. The third kappa shape index (κ3) is 9.87. The second kappa shape index (κ2) is 15.9. The minimum atomic E-state index is -0.568. The lowest BCUT2D eigenvalue weighted by molar-refractivity contribution is 0.0438. The van der Waals surface area contributed by atoms with Gasteiger partial charge in [-0.05, 0) is 97.3 Å². The van der Waals surface area contributed by atoms with Crippen LogP contribution in [0.4, 0.5) is 0 Å². The average molecular weight is 525 g/mol. The summed E-state index contributed by atoms with van der Waals surface area (Å²) in [5.74, 6) is 10.9. The molecule has 0 amide bonds. The number of rotatable bonds is 13. The lowest BCUT2D eigenvalue weighted by Crippen LogP contribution is -2.13. The highest BCUT2D eigenvalue weighted by molar-refractivity contribution is 5.96. The van der Waals surface area contributed by atoms with Crippen LogP contribution in [0, 0.1) is 23.7 Å². The first kappa shape index (κ1) is 29.3. The Kier molecular flexibility index (Phi) is 12.0. The number of ether oxygens (including phenoxy) is 3. The molecule has 0 aliphatic rings. The maximum absolute atomic E-state index is 12.7. The summed E-state index contributed by atoms with van der Waals surface area (Å²) in [6.45, 7) is 6.29. The van der Waals surface area contributed by atoms with Crippen LogP contribution in [0.1, 0.15) is 86.4 Å². The SMILES string of the molecule is CC#CC#CC(C)OC(=O)c1ccc2cc(OC(=O)c3ccc(OCCCCCCCCC)cc3)ccc2c1. The molecule has 3 rings (SSSR count). The van der Waals surface area contributed by atoms with Crippen molar-refractivity contribution >= 4 is 22.7 Å². The Morgan fingerprint density at radius 1 is 0.744 bits per heavy atom. The Morgan fingerprint density at radius 3 is 2.13 bits per heavy atom. The Labute approximate surface area is 231 Å². The van der Waals surface area contributed by atoms with Gasteiger partial charge < -0.3 is 14.2 Å². The van der Waals surface area contributed by atoms with Gasteiger partial charge in [-0.3, -0.25) is 0 Å². The van der Waals surface area contributed by atoms with Crippen molar-refractivity contribution in [1.82, 2.24) is 0 Å². The third-order valence-electron chi connectivity index (χ3n) is 6.11. The van der Waals surface area contributed by atoms with Gasteiger partial charge in [0.05, 0.1) is 17.7 Å². The molecule has 1 unspecified atom stereocenters. The summed E-state index contributed by atoms with van der Waals surface area (Å²) < 4.78 is 16.7. The smallest absolute Gasteiger partial charge is 0.343 e. The van der Waals surface area contributed by atoms with Crippen molar-refractivity contribution < 1.29 is 23.8 Å². The zero-order valence-electron chi connectivity index (χ0n) is 23.0. The molecule has 5 nitrogen and oxygen atoms in total. The first-order valence-corrected chi connectivity index (χ1v) is 13.6. The van der Waals surface area contributed by atoms with Gasteiger partial charge in [0.15, 0.2) is 6.10 Å². The van der Waals surface area contributed by atoms with Gasteiger partial charge in [0.25, 0.3) is 0 Å². The van der Waals surface area contributed by atoms with E-state index in [-0.39, 0.29) is 0 Å². The van der Waals surface area contributed by atoms with Crippen molar-refractivity contribution in [3.63, 3.8) is 0 Å². The van der Waals surface area contributed by atoms with Crippen molar-refractivity contribution in [2.45, 2.75) is 71.8 Å². The van der Waals surface area contributed by atoms with Crippen molar-refractivity contribution in [3.05, 3.63) is 71.8 Å². The van der Waals surface area contributed by atoms with Crippen LogP contribution in [-0.2, 0) is 4.74 Å². The van der Waals surface area contributed by atoms with E-state index >= 15 is 0 Å². The maximum Gasteiger partial charge on any atom is 0.343 e. The summed E-state index contributed by atoms with van der Waals surface area (Å²) in [5.41, 5.74) is 0.857. The topological polar surface area (TPSA) is 61.8 Å². The molecule has 0 aliphatic carbocycles. The van der Waals surface area contributed by atoms with E-state index < -0.39 is 18.0 Å². The summed E-state index contributed by atoms with van der Waals surface area (Å²) in [5, 5.41) is 1.65. The molecule has 0 aromatic heterocycles. The van der Waals surface area contributed by atoms with Gasteiger partial charge in [-0.2, -0.15) is 0 Å². The van der Waals surface area contributed by atoms with E-state index in [9.17, 15) is 9.59 Å². The molecule has 0 heterocycles. The summed E-state index contributed by atoms with van der Waals surface area (Å²) in [4.78, 5) is 25.1. The quantitative estimate of drug-likeness (QED) is 0.0990. The normalized spacial score (nSPS) is 10.9. The molecule has 39 heavy (non-hydrogen) atoms. The minimum absolute atomic E-state index is 0.414. The molecule has 0 saturated heterocycles. The van der Waals surface area contributed by atoms with E-state index in [4.69, 9.17) is 14.2 Å². The lowest BCUT2D eigenvalue weighted by atomic mass is 10.1. The van der Waals surface area contributed by atoms with E-state index in [0.717, 1.165) is 22.9 Å². The van der Waals surface area contributed by atoms with Crippen LogP contribution in [0.25, 0.3) is 10.8 Å². The number of hydrogen-bond donors (Lipinski definition) is 0. The van der Waals surface area contributed by atoms with Crippen LogP contribution in [0.15, 0.2) is 60.7 Å². The number of carbonyl (C=O) groups excluding carboxylic acids is 2. The standard InChI is InChI=1S/C34H36O5/c1-4-6-8-9-10-11-13-23-37-31-20-17-27(18-21-31)33(35)39-32-22-19-28-24-30(16-15-29(28)25-32)34(36)38-26(3)14-12-7-5-2/h15-22,24-26H,4,6,8-11,13,23H2,1-3H3. The molecule has 0 fully saturated rings. The number of benzene rings is 3. The molecule has 0 N–H and O–H groups in total. The van der Waals surface area contributed by atoms with E-state index in [1.165, 1.54) is 38.5 Å². The van der Waals surface area contributed by atoms with Crippen molar-refractivity contribution in [3.8, 4) is 35.2 Å². The monoisotopic (exact) mass is 524 g/mol. The van der Waals surface area contributed by atoms with Gasteiger partial charge in [0, 0.05) is 0 Å². The predicted octanol–water partition coefficient (Wildman–Crippen LogP) is 7.76. The molecule has 0 bridgehead atoms. The number of fused-ring (bicyclic) bond motifs is 1. The maximum atomic E-state index is 12.7. The molecule has 0 aliphatic heterocycles. The predicted molar refractivity (Wildman–Crippen MR) is 155 cm³/mol. The molecule has 0 spiro atoms. The molecule has 3 aromatic rings. The third-order valence-corrected chi connectivity index (χ3v) is 6.11. The van der Waals surface area contributed by atoms with Gasteiger partial charge in [-0.15, -0.1) is 0 Å². The molecule has 0 saturated carbocycles. The molecule has 202 valence electrons. The molecular weight excluding hydrogens is 488 g/mol. The van der Waals surface area contributed by atoms with Gasteiger partial charge in [0.2, 0.25) is 0 Å². The molecule has 5 heteroatoms. The van der Waals surface area contributed by atoms with Gasteiger partial charge in [0.1, 0.15) is 11.5 Å². The summed E-state index contributed by atoms with van der Waals surface area (Å²) >= 11 is 0. The summed E-state index contributed by atoms with van der Waals surface area (Å²) in [7, 11) is 0. The van der Waals surface area contributed by atoms with Crippen molar-refractivity contribution in [1.29, 1.82) is 0 Å². The second-order valence-corrected chi connectivity index (χ2v) is 9.30. The molecule has 0 radical (unpaired) electrons. The van der Waals surface area contributed by atoms with Crippen molar-refractivity contribution in [2.75, 3.05) is 6.61 Å². The summed E-state index contributed by atoms with van der Waals surface area (Å²) in [6.07, 6.45) is 8.08. The number of hydrogen-bond acceptors (Lipinski definition) is 5. The van der Waals surface area contributed by atoms with E-state index in [1.54, 1.807) is 74.5 Å². The van der Waals surface area contributed by atoms with Crippen LogP contribution < -0.4 is 9.47 Å². The zero-order valence-corrected chi connectivity index (χ0v) is 23.0. The first-order chi connectivity index (χ1) is 19.0. The van der Waals surface area contributed by atoms with E-state index in [1.807, 2.05) is 0 Å². The highest BCUT2D eigenvalue weighted by atomic mass is 16.5. The van der Waals surface area contributed by atoms with Gasteiger partial charge in [-0.1, -0.05) is 63.5 Å². The highest BCUT2D eigenvalue weighted by Crippen LogP contribution is 2.24. The Bertz CT molecular complexity index is 1370. The molecule has 3 aromatic carbocycles. The second-order valence-electron chi connectivity index (χ2n) is 9.30. The Balaban J connectivity index is 1.51. The van der Waals surface area contributed by atoms with Gasteiger partial charge >= 0.3 is 11.9 Å². The fourth-order valence-electron chi connectivity index (χ4n) is 3.97. The average Bonchev–Trinajstić information content (AvgIpc) is 2.94. The number of unbranched alkanes of at least 4 members (excludes halogenated alkanes) is 6. The fourth-order valence-corrected chi connectivity index (χ4v) is 3.97. The Hall–Kier alpha value is -4.22. The zero-order chi connectivity index (χ0) is 27.9. The van der Waals surface area contributed by atoms with Crippen molar-refractivity contribution in [2.24, 2.45) is 0 Å². The lowest BCUT2D eigenvalue weighted by Gasteiger charge is -2.09. The van der Waals surface area contributed by atoms with Crippen LogP contribution >= 0.6 is 0 Å². The number of carbonyl (C=O) groups is 2. The van der Waals surface area contributed by atoms with Crippen LogP contribution in [0.5, 0.6) is 11.5 Å². The van der Waals surface area contributed by atoms with Crippen LogP contribution in [0.2, 0.25) is 0 Å². The van der Waals surface area contributed by atoms with E-state index in [0.29, 0.717) is 23.5 Å². The molecular formula is C34H36O5. The first-order valence-electron chi connectivity index (χ1n) is 13.6. The highest BCUT2D eigenvalue weighted by Gasteiger charge is 2.13. The van der Waals surface area contributed by atoms with E-state index in [2.05, 4.69) is 30.6 Å². The summed E-state index contributed by atoms with van der Waals surface area (Å²) in [6, 6.07) is 17.5. The molecule has 1 atom stereocenters. The largest absolute Gasteiger partial charge is 0.494 e. The fraction of sp³-hybridized carbons (Fsp3) is 0.353. The number of esters is 2. The Morgan fingerprint density at radius 2 is 1.38 bits per heavy atom. The van der Waals surface area contributed by atoms with Gasteiger partial charge in [-0.25, -0.2) is 9.59 Å².